The number of aromatic nitrogens is 1. The number of ether oxygens (including phenoxy) is 2. The maximum atomic E-state index is 12.7. The van der Waals surface area contributed by atoms with Gasteiger partial charge in [-0.1, -0.05) is 60.3 Å². The number of aryl methyl sites for hydroxylation is 1. The number of rotatable bonds is 9. The molecule has 7 heteroatoms. The van der Waals surface area contributed by atoms with Crippen LogP contribution in [0.5, 0.6) is 5.75 Å². The van der Waals surface area contributed by atoms with Crippen molar-refractivity contribution < 1.29 is 23.6 Å². The van der Waals surface area contributed by atoms with E-state index in [9.17, 15) is 9.59 Å². The number of carbonyl (C=O) groups excluding carboxylic acids is 2. The Morgan fingerprint density at radius 1 is 1.16 bits per heavy atom. The van der Waals surface area contributed by atoms with Gasteiger partial charge in [-0.15, -0.1) is 0 Å². The van der Waals surface area contributed by atoms with Crippen molar-refractivity contribution >= 4 is 23.8 Å². The fourth-order valence-electron chi connectivity index (χ4n) is 2.67. The van der Waals surface area contributed by atoms with Crippen LogP contribution in [0, 0.1) is 6.92 Å². The Morgan fingerprint density at radius 3 is 2.55 bits per heavy atom. The highest BCUT2D eigenvalue weighted by molar-refractivity contribution is 5.97. The predicted molar refractivity (Wildman–Crippen MR) is 116 cm³/mol. The molecule has 3 rings (SSSR count). The van der Waals surface area contributed by atoms with Gasteiger partial charge >= 0.3 is 5.97 Å². The average molecular weight is 418 g/mol. The van der Waals surface area contributed by atoms with Crippen molar-refractivity contribution in [3.05, 3.63) is 96.3 Å². The van der Waals surface area contributed by atoms with Crippen molar-refractivity contribution in [2.24, 2.45) is 0 Å². The monoisotopic (exact) mass is 418 g/mol. The molecule has 158 valence electrons. The molecule has 0 radical (unpaired) electrons. The average Bonchev–Trinajstić information content (AvgIpc) is 3.20. The highest BCUT2D eigenvalue weighted by Gasteiger charge is 2.25. The summed E-state index contributed by atoms with van der Waals surface area (Å²) in [6.07, 6.45) is 3.38. The maximum absolute atomic E-state index is 12.7. The minimum absolute atomic E-state index is 0.244. The first-order chi connectivity index (χ1) is 15.0. The fourth-order valence-corrected chi connectivity index (χ4v) is 2.67. The fraction of sp³-hybridized carbons (Fsp3) is 0.125. The molecule has 31 heavy (non-hydrogen) atoms. The Morgan fingerprint density at radius 2 is 1.90 bits per heavy atom. The summed E-state index contributed by atoms with van der Waals surface area (Å²) in [5.74, 6) is 0.294. The van der Waals surface area contributed by atoms with E-state index >= 15 is 0 Å². The Bertz CT molecular complexity index is 1060. The van der Waals surface area contributed by atoms with Gasteiger partial charge in [0.1, 0.15) is 18.1 Å². The maximum Gasteiger partial charge on any atom is 0.331 e. The van der Waals surface area contributed by atoms with Crippen LogP contribution in [0.3, 0.4) is 0 Å². The van der Waals surface area contributed by atoms with Gasteiger partial charge < -0.3 is 19.3 Å². The SMILES string of the molecule is C=CCOc1ccc(/C=C/C(=O)OC(C(=O)Nc2cc(C)on2)c2ccccc2)cc1. The second-order valence-electron chi connectivity index (χ2n) is 6.54. The largest absolute Gasteiger partial charge is 0.490 e. The molecule has 1 atom stereocenters. The van der Waals surface area contributed by atoms with Gasteiger partial charge in [0.2, 0.25) is 6.10 Å². The number of nitrogens with zero attached hydrogens (tertiary/aromatic N) is 1. The number of benzene rings is 2. The van der Waals surface area contributed by atoms with Gasteiger partial charge in [0.25, 0.3) is 5.91 Å². The molecule has 1 amide bonds. The van der Waals surface area contributed by atoms with Crippen LogP contribution in [0.4, 0.5) is 5.82 Å². The molecule has 0 spiro atoms. The van der Waals surface area contributed by atoms with Crippen LogP contribution in [0.25, 0.3) is 6.08 Å². The number of nitrogens with one attached hydrogen (secondary N) is 1. The number of hydrogen-bond donors (Lipinski definition) is 1. The summed E-state index contributed by atoms with van der Waals surface area (Å²) in [5, 5.41) is 6.33. The number of esters is 1. The molecule has 0 aliphatic rings. The molecule has 0 aliphatic carbocycles. The van der Waals surface area contributed by atoms with E-state index in [1.165, 1.54) is 6.08 Å². The highest BCUT2D eigenvalue weighted by atomic mass is 16.5. The highest BCUT2D eigenvalue weighted by Crippen LogP contribution is 2.21. The molecule has 0 fully saturated rings. The van der Waals surface area contributed by atoms with Gasteiger partial charge in [-0.3, -0.25) is 4.79 Å². The first kappa shape index (κ1) is 21.6. The van der Waals surface area contributed by atoms with Crippen LogP contribution in [0.2, 0.25) is 0 Å². The summed E-state index contributed by atoms with van der Waals surface area (Å²) in [6.45, 7) is 5.72. The van der Waals surface area contributed by atoms with Gasteiger partial charge in [-0.25, -0.2) is 4.79 Å². The van der Waals surface area contributed by atoms with E-state index in [0.29, 0.717) is 23.7 Å². The molecule has 1 heterocycles. The lowest BCUT2D eigenvalue weighted by atomic mass is 10.1. The summed E-state index contributed by atoms with van der Waals surface area (Å²) >= 11 is 0. The molecule has 0 bridgehead atoms. The van der Waals surface area contributed by atoms with Crippen molar-refractivity contribution in [1.82, 2.24) is 5.16 Å². The van der Waals surface area contributed by atoms with E-state index in [-0.39, 0.29) is 5.82 Å². The molecule has 1 N–H and O–H groups in total. The van der Waals surface area contributed by atoms with Crippen molar-refractivity contribution in [1.29, 1.82) is 0 Å². The molecule has 1 aromatic heterocycles. The Labute approximate surface area is 180 Å². The standard InChI is InChI=1S/C24H22N2O5/c1-3-15-29-20-12-9-18(10-13-20)11-14-22(27)30-23(19-7-5-4-6-8-19)24(28)25-21-16-17(2)31-26-21/h3-14,16,23H,1,15H2,2H3,(H,25,26,28)/b14-11+. The van der Waals surface area contributed by atoms with Gasteiger partial charge in [0.15, 0.2) is 5.82 Å². The predicted octanol–water partition coefficient (Wildman–Crippen LogP) is 4.48. The third-order valence-corrected chi connectivity index (χ3v) is 4.11. The molecular formula is C24H22N2O5. The zero-order valence-electron chi connectivity index (χ0n) is 17.0. The van der Waals surface area contributed by atoms with Crippen LogP contribution >= 0.6 is 0 Å². The van der Waals surface area contributed by atoms with Gasteiger partial charge in [0.05, 0.1) is 0 Å². The lowest BCUT2D eigenvalue weighted by molar-refractivity contribution is -0.149. The summed E-state index contributed by atoms with van der Waals surface area (Å²) in [6, 6.07) is 17.5. The Hall–Kier alpha value is -4.13. The number of carbonyl (C=O) groups is 2. The van der Waals surface area contributed by atoms with E-state index in [2.05, 4.69) is 17.1 Å². The second kappa shape index (κ2) is 10.6. The topological polar surface area (TPSA) is 90.7 Å². The summed E-state index contributed by atoms with van der Waals surface area (Å²) in [7, 11) is 0. The molecule has 0 saturated carbocycles. The smallest absolute Gasteiger partial charge is 0.331 e. The molecule has 1 unspecified atom stereocenters. The Kier molecular flexibility index (Phi) is 7.37. The number of amides is 1. The van der Waals surface area contributed by atoms with Crippen LogP contribution in [0.1, 0.15) is 23.0 Å². The lowest BCUT2D eigenvalue weighted by Gasteiger charge is -2.16. The zero-order valence-corrected chi connectivity index (χ0v) is 17.0. The Balaban J connectivity index is 1.68. The normalized spacial score (nSPS) is 11.6. The zero-order chi connectivity index (χ0) is 22.1. The first-order valence-electron chi connectivity index (χ1n) is 9.57. The number of anilines is 1. The third kappa shape index (κ3) is 6.43. The van der Waals surface area contributed by atoms with E-state index in [1.807, 2.05) is 6.07 Å². The first-order valence-corrected chi connectivity index (χ1v) is 9.57. The minimum atomic E-state index is -1.15. The van der Waals surface area contributed by atoms with Crippen LogP contribution < -0.4 is 10.1 Å². The van der Waals surface area contributed by atoms with Gasteiger partial charge in [0, 0.05) is 17.7 Å². The van der Waals surface area contributed by atoms with Crippen LogP contribution in [-0.2, 0) is 14.3 Å². The van der Waals surface area contributed by atoms with Crippen LogP contribution in [-0.4, -0.2) is 23.6 Å². The molecular weight excluding hydrogens is 396 g/mol. The van der Waals surface area contributed by atoms with E-state index < -0.39 is 18.0 Å². The third-order valence-electron chi connectivity index (χ3n) is 4.11. The quantitative estimate of drug-likeness (QED) is 0.313. The minimum Gasteiger partial charge on any atom is -0.490 e. The molecule has 7 nitrogen and oxygen atoms in total. The second-order valence-corrected chi connectivity index (χ2v) is 6.54. The number of hydrogen-bond acceptors (Lipinski definition) is 6. The van der Waals surface area contributed by atoms with E-state index in [1.54, 1.807) is 73.7 Å². The van der Waals surface area contributed by atoms with Gasteiger partial charge in [-0.05, 0) is 30.7 Å². The molecule has 2 aromatic carbocycles. The van der Waals surface area contributed by atoms with Gasteiger partial charge in [-0.2, -0.15) is 0 Å². The molecule has 0 aliphatic heterocycles. The summed E-state index contributed by atoms with van der Waals surface area (Å²) in [4.78, 5) is 25.2. The lowest BCUT2D eigenvalue weighted by Crippen LogP contribution is -2.25. The van der Waals surface area contributed by atoms with Crippen molar-refractivity contribution in [3.8, 4) is 5.75 Å². The van der Waals surface area contributed by atoms with E-state index in [4.69, 9.17) is 14.0 Å². The van der Waals surface area contributed by atoms with E-state index in [0.717, 1.165) is 5.56 Å². The summed E-state index contributed by atoms with van der Waals surface area (Å²) < 4.78 is 15.8. The van der Waals surface area contributed by atoms with Crippen molar-refractivity contribution in [3.63, 3.8) is 0 Å². The molecule has 0 saturated heterocycles. The van der Waals surface area contributed by atoms with Crippen molar-refractivity contribution in [2.45, 2.75) is 13.0 Å². The van der Waals surface area contributed by atoms with Crippen LogP contribution in [0.15, 0.2) is 83.9 Å². The molecule has 3 aromatic rings. The summed E-state index contributed by atoms with van der Waals surface area (Å²) in [5.41, 5.74) is 1.31. The van der Waals surface area contributed by atoms with Crippen molar-refractivity contribution in [2.75, 3.05) is 11.9 Å².